The number of carbonyl (C=O) groups excluding carboxylic acids is 1. The summed E-state index contributed by atoms with van der Waals surface area (Å²) in [5, 5.41) is 3.25. The monoisotopic (exact) mass is 291 g/mol. The highest BCUT2D eigenvalue weighted by Gasteiger charge is 2.16. The van der Waals surface area contributed by atoms with Crippen molar-refractivity contribution in [2.75, 3.05) is 0 Å². The second kappa shape index (κ2) is 7.72. The molecule has 1 aliphatic rings. The fourth-order valence-corrected chi connectivity index (χ4v) is 3.45. The largest absolute Gasteiger partial charge is 0.344 e. The summed E-state index contributed by atoms with van der Waals surface area (Å²) in [5.41, 5.74) is 1.32. The number of amides is 1. The molecule has 1 aromatic carbocycles. The van der Waals surface area contributed by atoms with Crippen LogP contribution in [0.1, 0.15) is 63.9 Å². The third-order valence-electron chi connectivity index (χ3n) is 4.18. The van der Waals surface area contributed by atoms with Crippen LogP contribution in [-0.2, 0) is 0 Å². The third-order valence-corrected chi connectivity index (χ3v) is 4.97. The van der Waals surface area contributed by atoms with Crippen molar-refractivity contribution >= 4 is 17.0 Å². The predicted octanol–water partition coefficient (Wildman–Crippen LogP) is 5.33. The lowest BCUT2D eigenvalue weighted by molar-refractivity contribution is 0.253. The molecule has 2 rings (SSSR count). The van der Waals surface area contributed by atoms with Crippen molar-refractivity contribution < 1.29 is 4.79 Å². The molecule has 1 fully saturated rings. The lowest BCUT2D eigenvalue weighted by Gasteiger charge is -2.22. The van der Waals surface area contributed by atoms with Crippen molar-refractivity contribution in [2.45, 2.75) is 69.2 Å². The topological polar surface area (TPSA) is 29.1 Å². The first kappa shape index (κ1) is 15.4. The maximum atomic E-state index is 12.1. The van der Waals surface area contributed by atoms with Gasteiger partial charge in [-0.05, 0) is 54.6 Å². The molecule has 0 aromatic heterocycles. The van der Waals surface area contributed by atoms with Gasteiger partial charge in [-0.25, -0.2) is 0 Å². The molecule has 0 saturated heterocycles. The minimum absolute atomic E-state index is 0.0956. The van der Waals surface area contributed by atoms with Crippen LogP contribution in [-0.4, -0.2) is 11.3 Å². The maximum absolute atomic E-state index is 12.1. The SMILES string of the molecule is CC[C@H](C)c1cccc(SC(=O)NC2CCCCC2)c1. The molecule has 1 aliphatic carbocycles. The Morgan fingerprint density at radius 1 is 1.35 bits per heavy atom. The smallest absolute Gasteiger partial charge is 0.284 e. The van der Waals surface area contributed by atoms with E-state index in [1.165, 1.54) is 36.6 Å². The van der Waals surface area contributed by atoms with Gasteiger partial charge in [0.05, 0.1) is 0 Å². The Morgan fingerprint density at radius 3 is 2.80 bits per heavy atom. The average Bonchev–Trinajstić information content (AvgIpc) is 2.47. The second-order valence-corrected chi connectivity index (χ2v) is 6.80. The summed E-state index contributed by atoms with van der Waals surface area (Å²) < 4.78 is 0. The van der Waals surface area contributed by atoms with E-state index in [2.05, 4.69) is 37.4 Å². The minimum Gasteiger partial charge on any atom is -0.344 e. The first-order valence-corrected chi connectivity index (χ1v) is 8.59. The van der Waals surface area contributed by atoms with Crippen LogP contribution in [0.5, 0.6) is 0 Å². The molecule has 3 heteroatoms. The highest BCUT2D eigenvalue weighted by molar-refractivity contribution is 8.13. The van der Waals surface area contributed by atoms with E-state index in [1.807, 2.05) is 6.07 Å². The van der Waals surface area contributed by atoms with Gasteiger partial charge in [0.1, 0.15) is 0 Å². The van der Waals surface area contributed by atoms with Gasteiger partial charge in [-0.1, -0.05) is 45.2 Å². The molecule has 2 nitrogen and oxygen atoms in total. The van der Waals surface area contributed by atoms with Gasteiger partial charge < -0.3 is 5.32 Å². The Bertz CT molecular complexity index is 440. The Hall–Kier alpha value is -0.960. The Labute approximate surface area is 126 Å². The van der Waals surface area contributed by atoms with Crippen LogP contribution in [0.3, 0.4) is 0 Å². The molecule has 20 heavy (non-hydrogen) atoms. The van der Waals surface area contributed by atoms with Gasteiger partial charge >= 0.3 is 0 Å². The molecule has 1 atom stereocenters. The van der Waals surface area contributed by atoms with E-state index in [0.717, 1.165) is 24.2 Å². The number of nitrogens with one attached hydrogen (secondary N) is 1. The molecule has 1 N–H and O–H groups in total. The van der Waals surface area contributed by atoms with E-state index in [0.29, 0.717) is 12.0 Å². The summed E-state index contributed by atoms with van der Waals surface area (Å²) in [5.74, 6) is 0.553. The van der Waals surface area contributed by atoms with Crippen LogP contribution >= 0.6 is 11.8 Å². The van der Waals surface area contributed by atoms with Gasteiger partial charge in [0, 0.05) is 10.9 Å². The molecule has 1 saturated carbocycles. The summed E-state index contributed by atoms with van der Waals surface area (Å²) in [4.78, 5) is 13.1. The highest BCUT2D eigenvalue weighted by Crippen LogP contribution is 2.26. The Balaban J connectivity index is 1.90. The summed E-state index contributed by atoms with van der Waals surface area (Å²) in [6, 6.07) is 8.77. The second-order valence-electron chi connectivity index (χ2n) is 5.75. The van der Waals surface area contributed by atoms with E-state index < -0.39 is 0 Å². The van der Waals surface area contributed by atoms with Crippen molar-refractivity contribution in [3.63, 3.8) is 0 Å². The fourth-order valence-electron chi connectivity index (χ4n) is 2.67. The normalized spacial score (nSPS) is 17.7. The van der Waals surface area contributed by atoms with Gasteiger partial charge in [0.2, 0.25) is 0 Å². The lowest BCUT2D eigenvalue weighted by Crippen LogP contribution is -2.33. The van der Waals surface area contributed by atoms with Crippen molar-refractivity contribution in [1.82, 2.24) is 5.32 Å². The number of rotatable bonds is 4. The molecule has 110 valence electrons. The lowest BCUT2D eigenvalue weighted by atomic mass is 9.96. The molecule has 0 aliphatic heterocycles. The van der Waals surface area contributed by atoms with E-state index >= 15 is 0 Å². The zero-order valence-electron chi connectivity index (χ0n) is 12.5. The first-order valence-electron chi connectivity index (χ1n) is 7.77. The molecule has 0 unspecified atom stereocenters. The summed E-state index contributed by atoms with van der Waals surface area (Å²) in [7, 11) is 0. The van der Waals surface area contributed by atoms with Gasteiger partial charge in [-0.15, -0.1) is 0 Å². The van der Waals surface area contributed by atoms with Gasteiger partial charge in [-0.2, -0.15) is 0 Å². The van der Waals surface area contributed by atoms with Crippen molar-refractivity contribution in [3.05, 3.63) is 29.8 Å². The molecular formula is C17H25NOS. The van der Waals surface area contributed by atoms with E-state index in [4.69, 9.17) is 0 Å². The van der Waals surface area contributed by atoms with Crippen LogP contribution in [0.15, 0.2) is 29.2 Å². The predicted molar refractivity (Wildman–Crippen MR) is 86.4 cm³/mol. The van der Waals surface area contributed by atoms with Crippen LogP contribution in [0.25, 0.3) is 0 Å². The summed E-state index contributed by atoms with van der Waals surface area (Å²) in [6.45, 7) is 4.42. The molecule has 1 aromatic rings. The van der Waals surface area contributed by atoms with E-state index in [1.54, 1.807) is 0 Å². The molecule has 0 spiro atoms. The van der Waals surface area contributed by atoms with Crippen molar-refractivity contribution in [3.8, 4) is 0 Å². The maximum Gasteiger partial charge on any atom is 0.284 e. The number of benzene rings is 1. The van der Waals surface area contributed by atoms with E-state index in [-0.39, 0.29) is 5.24 Å². The summed E-state index contributed by atoms with van der Waals surface area (Å²) >= 11 is 1.33. The Kier molecular flexibility index (Phi) is 5.96. The molecule has 0 heterocycles. The van der Waals surface area contributed by atoms with Gasteiger partial charge in [0.25, 0.3) is 5.24 Å². The van der Waals surface area contributed by atoms with Gasteiger partial charge in [0.15, 0.2) is 0 Å². The fraction of sp³-hybridized carbons (Fsp3) is 0.588. The number of hydrogen-bond donors (Lipinski definition) is 1. The molecular weight excluding hydrogens is 266 g/mol. The zero-order chi connectivity index (χ0) is 14.4. The molecule has 0 bridgehead atoms. The van der Waals surface area contributed by atoms with Crippen LogP contribution in [0.2, 0.25) is 0 Å². The Morgan fingerprint density at radius 2 is 2.10 bits per heavy atom. The van der Waals surface area contributed by atoms with E-state index in [9.17, 15) is 4.79 Å². The van der Waals surface area contributed by atoms with Gasteiger partial charge in [-0.3, -0.25) is 4.79 Å². The number of thioether (sulfide) groups is 1. The number of carbonyl (C=O) groups is 1. The standard InChI is InChI=1S/C17H25NOS/c1-3-13(2)14-8-7-11-16(12-14)20-17(19)18-15-9-5-4-6-10-15/h7-8,11-13,15H,3-6,9-10H2,1-2H3,(H,18,19)/t13-/m0/s1. The molecule has 1 amide bonds. The minimum atomic E-state index is 0.0956. The average molecular weight is 291 g/mol. The summed E-state index contributed by atoms with van der Waals surface area (Å²) in [6.07, 6.45) is 7.22. The highest BCUT2D eigenvalue weighted by atomic mass is 32.2. The van der Waals surface area contributed by atoms with Crippen molar-refractivity contribution in [1.29, 1.82) is 0 Å². The zero-order valence-corrected chi connectivity index (χ0v) is 13.3. The third kappa shape index (κ3) is 4.55. The van der Waals surface area contributed by atoms with Crippen molar-refractivity contribution in [2.24, 2.45) is 0 Å². The molecule has 0 radical (unpaired) electrons. The quantitative estimate of drug-likeness (QED) is 0.759. The van der Waals surface area contributed by atoms with Crippen LogP contribution in [0.4, 0.5) is 4.79 Å². The van der Waals surface area contributed by atoms with Crippen LogP contribution in [0, 0.1) is 0 Å². The first-order chi connectivity index (χ1) is 9.69. The number of hydrogen-bond acceptors (Lipinski definition) is 2. The van der Waals surface area contributed by atoms with Crippen LogP contribution < -0.4 is 5.32 Å².